The molecule has 0 aliphatic carbocycles. The van der Waals surface area contributed by atoms with Crippen LogP contribution in [-0.4, -0.2) is 19.4 Å². The van der Waals surface area contributed by atoms with Gasteiger partial charge in [0.2, 0.25) is 5.88 Å². The fourth-order valence-electron chi connectivity index (χ4n) is 1.90. The molecule has 96 valence electrons. The number of hydrogen-bond acceptors (Lipinski definition) is 5. The lowest BCUT2D eigenvalue weighted by Crippen LogP contribution is -1.97. The van der Waals surface area contributed by atoms with E-state index in [-0.39, 0.29) is 5.88 Å². The van der Waals surface area contributed by atoms with Crippen molar-refractivity contribution in [2.75, 3.05) is 20.0 Å². The summed E-state index contributed by atoms with van der Waals surface area (Å²) in [5.41, 5.74) is 8.26. The van der Waals surface area contributed by atoms with Crippen LogP contribution in [0.2, 0.25) is 0 Å². The van der Waals surface area contributed by atoms with Gasteiger partial charge in [0, 0.05) is 15.6 Å². The van der Waals surface area contributed by atoms with Crippen molar-refractivity contribution in [1.82, 2.24) is 5.16 Å². The second-order valence-electron chi connectivity index (χ2n) is 3.70. The van der Waals surface area contributed by atoms with E-state index >= 15 is 0 Å². The van der Waals surface area contributed by atoms with E-state index in [9.17, 15) is 0 Å². The molecule has 0 radical (unpaired) electrons. The van der Waals surface area contributed by atoms with Gasteiger partial charge in [0.1, 0.15) is 0 Å². The number of methoxy groups -OCH3 is 2. The van der Waals surface area contributed by atoms with Crippen LogP contribution in [0.25, 0.3) is 11.1 Å². The third kappa shape index (κ3) is 1.92. The fraction of sp³-hybridized carbons (Fsp3) is 0.250. The first-order valence-electron chi connectivity index (χ1n) is 5.21. The van der Waals surface area contributed by atoms with Crippen molar-refractivity contribution in [2.45, 2.75) is 6.92 Å². The number of rotatable bonds is 3. The third-order valence-corrected chi connectivity index (χ3v) is 3.35. The molecule has 0 saturated carbocycles. The van der Waals surface area contributed by atoms with Crippen molar-refractivity contribution in [1.29, 1.82) is 0 Å². The fourth-order valence-corrected chi connectivity index (χ4v) is 2.62. The number of anilines is 1. The van der Waals surface area contributed by atoms with Gasteiger partial charge >= 0.3 is 0 Å². The molecular weight excluding hydrogens is 300 g/mol. The van der Waals surface area contributed by atoms with E-state index in [4.69, 9.17) is 19.7 Å². The molecule has 0 bridgehead atoms. The summed E-state index contributed by atoms with van der Waals surface area (Å²) in [7, 11) is 3.19. The molecule has 6 heteroatoms. The first-order valence-corrected chi connectivity index (χ1v) is 6.01. The van der Waals surface area contributed by atoms with Crippen LogP contribution < -0.4 is 15.2 Å². The molecular formula is C12H13BrN2O3. The maximum atomic E-state index is 5.75. The van der Waals surface area contributed by atoms with E-state index in [0.717, 1.165) is 21.2 Å². The average Bonchev–Trinajstić information content (AvgIpc) is 2.75. The topological polar surface area (TPSA) is 70.5 Å². The van der Waals surface area contributed by atoms with Crippen LogP contribution in [0.4, 0.5) is 5.88 Å². The summed E-state index contributed by atoms with van der Waals surface area (Å²) in [5.74, 6) is 1.59. The van der Waals surface area contributed by atoms with Gasteiger partial charge in [-0.05, 0) is 28.9 Å². The number of aromatic nitrogens is 1. The molecule has 18 heavy (non-hydrogen) atoms. The van der Waals surface area contributed by atoms with Crippen molar-refractivity contribution in [3.8, 4) is 22.6 Å². The molecule has 0 aliphatic heterocycles. The highest BCUT2D eigenvalue weighted by Crippen LogP contribution is 2.44. The van der Waals surface area contributed by atoms with Gasteiger partial charge in [-0.15, -0.1) is 0 Å². The quantitative estimate of drug-likeness (QED) is 0.943. The first kappa shape index (κ1) is 12.8. The maximum absolute atomic E-state index is 5.75. The molecule has 1 aromatic heterocycles. The van der Waals surface area contributed by atoms with Crippen LogP contribution in [-0.2, 0) is 0 Å². The molecule has 0 amide bonds. The van der Waals surface area contributed by atoms with E-state index in [2.05, 4.69) is 21.1 Å². The monoisotopic (exact) mass is 312 g/mol. The SMILES string of the molecule is COc1cc(Br)c(-c2cnoc2N)c(C)c1OC. The van der Waals surface area contributed by atoms with Gasteiger partial charge in [-0.1, -0.05) is 5.16 Å². The normalized spacial score (nSPS) is 10.4. The summed E-state index contributed by atoms with van der Waals surface area (Å²) in [4.78, 5) is 0. The van der Waals surface area contributed by atoms with Crippen LogP contribution in [0.1, 0.15) is 5.56 Å². The van der Waals surface area contributed by atoms with Gasteiger partial charge in [-0.2, -0.15) is 0 Å². The standard InChI is InChI=1S/C12H13BrN2O3/c1-6-10(7-5-15-18-12(7)14)8(13)4-9(16-2)11(6)17-3/h4-5H,14H2,1-3H3. The van der Waals surface area contributed by atoms with Crippen LogP contribution in [0.5, 0.6) is 11.5 Å². The zero-order chi connectivity index (χ0) is 13.3. The molecule has 0 spiro atoms. The highest BCUT2D eigenvalue weighted by molar-refractivity contribution is 9.10. The van der Waals surface area contributed by atoms with Crippen molar-refractivity contribution < 1.29 is 14.0 Å². The van der Waals surface area contributed by atoms with Gasteiger partial charge in [-0.25, -0.2) is 0 Å². The van der Waals surface area contributed by atoms with Crippen molar-refractivity contribution >= 4 is 21.8 Å². The lowest BCUT2D eigenvalue weighted by Gasteiger charge is -2.15. The highest BCUT2D eigenvalue weighted by Gasteiger charge is 2.19. The predicted molar refractivity (Wildman–Crippen MR) is 71.9 cm³/mol. The Morgan fingerprint density at radius 2 is 2.06 bits per heavy atom. The predicted octanol–water partition coefficient (Wildman–Crippen LogP) is 3.01. The van der Waals surface area contributed by atoms with Crippen molar-refractivity contribution in [2.24, 2.45) is 0 Å². The smallest absolute Gasteiger partial charge is 0.230 e. The maximum Gasteiger partial charge on any atom is 0.230 e. The summed E-state index contributed by atoms with van der Waals surface area (Å²) in [6, 6.07) is 1.83. The van der Waals surface area contributed by atoms with Crippen LogP contribution in [0.3, 0.4) is 0 Å². The minimum absolute atomic E-state index is 0.269. The number of hydrogen-bond donors (Lipinski definition) is 1. The van der Waals surface area contributed by atoms with Gasteiger partial charge in [-0.3, -0.25) is 0 Å². The van der Waals surface area contributed by atoms with Crippen molar-refractivity contribution in [3.63, 3.8) is 0 Å². The summed E-state index contributed by atoms with van der Waals surface area (Å²) in [6.07, 6.45) is 1.58. The highest BCUT2D eigenvalue weighted by atomic mass is 79.9. The molecule has 0 unspecified atom stereocenters. The molecule has 0 fully saturated rings. The number of nitrogen functional groups attached to an aromatic ring is 1. The summed E-state index contributed by atoms with van der Waals surface area (Å²) in [5, 5.41) is 3.69. The number of nitrogens with two attached hydrogens (primary N) is 1. The second-order valence-corrected chi connectivity index (χ2v) is 4.55. The molecule has 1 heterocycles. The third-order valence-electron chi connectivity index (χ3n) is 2.73. The number of nitrogens with zero attached hydrogens (tertiary/aromatic N) is 1. The Kier molecular flexibility index (Phi) is 3.47. The minimum atomic E-state index is 0.269. The largest absolute Gasteiger partial charge is 0.493 e. The molecule has 0 saturated heterocycles. The zero-order valence-electron chi connectivity index (χ0n) is 10.3. The molecule has 0 aliphatic rings. The summed E-state index contributed by atoms with van der Waals surface area (Å²) in [6.45, 7) is 1.92. The Labute approximate surface area is 113 Å². The molecule has 0 atom stereocenters. The lowest BCUT2D eigenvalue weighted by atomic mass is 10.0. The Bertz CT molecular complexity index is 581. The molecule has 2 N–H and O–H groups in total. The molecule has 1 aromatic carbocycles. The first-order chi connectivity index (χ1) is 8.60. The van der Waals surface area contributed by atoms with Gasteiger partial charge in [0.25, 0.3) is 0 Å². The zero-order valence-corrected chi connectivity index (χ0v) is 11.9. The molecule has 2 rings (SSSR count). The van der Waals surface area contributed by atoms with Crippen LogP contribution in [0.15, 0.2) is 21.3 Å². The van der Waals surface area contributed by atoms with E-state index in [1.165, 1.54) is 0 Å². The van der Waals surface area contributed by atoms with E-state index in [0.29, 0.717) is 11.5 Å². The minimum Gasteiger partial charge on any atom is -0.493 e. The van der Waals surface area contributed by atoms with Gasteiger partial charge in [0.05, 0.1) is 26.0 Å². The summed E-state index contributed by atoms with van der Waals surface area (Å²) < 4.78 is 16.4. The number of ether oxygens (including phenoxy) is 2. The number of benzene rings is 1. The second kappa shape index (κ2) is 4.89. The Morgan fingerprint density at radius 3 is 2.56 bits per heavy atom. The Balaban J connectivity index is 2.73. The molecule has 2 aromatic rings. The average molecular weight is 313 g/mol. The van der Waals surface area contributed by atoms with Crippen molar-refractivity contribution in [3.05, 3.63) is 22.3 Å². The summed E-state index contributed by atoms with van der Waals surface area (Å²) >= 11 is 3.50. The van der Waals surface area contributed by atoms with Gasteiger partial charge < -0.3 is 19.7 Å². The van der Waals surface area contributed by atoms with E-state index in [1.807, 2.05) is 13.0 Å². The Hall–Kier alpha value is -1.69. The lowest BCUT2D eigenvalue weighted by molar-refractivity contribution is 0.353. The van der Waals surface area contributed by atoms with Crippen LogP contribution in [0, 0.1) is 6.92 Å². The van der Waals surface area contributed by atoms with E-state index in [1.54, 1.807) is 20.4 Å². The number of halogens is 1. The molecule has 5 nitrogen and oxygen atoms in total. The Morgan fingerprint density at radius 1 is 1.33 bits per heavy atom. The van der Waals surface area contributed by atoms with Gasteiger partial charge in [0.15, 0.2) is 11.5 Å². The van der Waals surface area contributed by atoms with E-state index < -0.39 is 0 Å². The van der Waals surface area contributed by atoms with Crippen LogP contribution >= 0.6 is 15.9 Å².